The zero-order valence-electron chi connectivity index (χ0n) is 14.1. The molecule has 0 fully saturated rings. The second-order valence-electron chi connectivity index (χ2n) is 7.36. The Labute approximate surface area is 149 Å². The van der Waals surface area contributed by atoms with Gasteiger partial charge in [0.1, 0.15) is 0 Å². The Kier molecular flexibility index (Phi) is 2.10. The van der Waals surface area contributed by atoms with Gasteiger partial charge >= 0.3 is 0 Å². The third kappa shape index (κ3) is 1.35. The van der Waals surface area contributed by atoms with E-state index >= 15 is 0 Å². The van der Waals surface area contributed by atoms with Crippen LogP contribution in [-0.2, 0) is 0 Å². The molecule has 0 saturated carbocycles. The minimum atomic E-state index is 1.32. The smallest absolute Gasteiger partial charge is 0.000786 e. The zero-order valence-corrected chi connectivity index (χ0v) is 14.1. The summed E-state index contributed by atoms with van der Waals surface area (Å²) in [6, 6.07) is 31.6. The molecule has 0 unspecified atom stereocenters. The van der Waals surface area contributed by atoms with E-state index in [4.69, 9.17) is 0 Å². The Hall–Kier alpha value is -3.38. The lowest BCUT2D eigenvalue weighted by Gasteiger charge is -2.18. The lowest BCUT2D eigenvalue weighted by Crippen LogP contribution is -1.90. The molecule has 0 nitrogen and oxygen atoms in total. The number of hydrogen-bond donors (Lipinski definition) is 0. The molecule has 0 heterocycles. The van der Waals surface area contributed by atoms with E-state index in [2.05, 4.69) is 84.9 Å². The molecular weight excluding hydrogens is 312 g/mol. The highest BCUT2D eigenvalue weighted by Gasteiger charge is 2.17. The maximum Gasteiger partial charge on any atom is -0.000786 e. The minimum absolute atomic E-state index is 1.32. The minimum Gasteiger partial charge on any atom is -0.0610 e. The van der Waals surface area contributed by atoms with Gasteiger partial charge in [-0.05, 0) is 70.7 Å². The first kappa shape index (κ1) is 12.9. The van der Waals surface area contributed by atoms with Crippen molar-refractivity contribution in [3.05, 3.63) is 84.9 Å². The average Bonchev–Trinajstić information content (AvgIpc) is 2.71. The van der Waals surface area contributed by atoms with Gasteiger partial charge in [0.15, 0.2) is 0 Å². The molecule has 0 spiro atoms. The van der Waals surface area contributed by atoms with Gasteiger partial charge in [0, 0.05) is 0 Å². The van der Waals surface area contributed by atoms with Crippen LogP contribution < -0.4 is 0 Å². The molecule has 0 aliphatic carbocycles. The average molecular weight is 326 g/mol. The fourth-order valence-electron chi connectivity index (χ4n) is 5.07. The highest BCUT2D eigenvalue weighted by molar-refractivity contribution is 6.40. The number of rotatable bonds is 0. The molecule has 8 aromatic rings. The second-order valence-corrected chi connectivity index (χ2v) is 7.36. The van der Waals surface area contributed by atoms with Crippen molar-refractivity contribution in [3.8, 4) is 0 Å². The summed E-state index contributed by atoms with van der Waals surface area (Å²) in [4.78, 5) is 0. The van der Waals surface area contributed by atoms with Gasteiger partial charge < -0.3 is 0 Å². The highest BCUT2D eigenvalue weighted by atomic mass is 14.2. The van der Waals surface area contributed by atoms with E-state index in [1.165, 1.54) is 64.6 Å². The van der Waals surface area contributed by atoms with E-state index in [0.29, 0.717) is 0 Å². The van der Waals surface area contributed by atoms with Gasteiger partial charge in [-0.3, -0.25) is 0 Å². The van der Waals surface area contributed by atoms with Crippen LogP contribution in [0.25, 0.3) is 64.6 Å². The van der Waals surface area contributed by atoms with Crippen molar-refractivity contribution in [1.82, 2.24) is 0 Å². The predicted molar refractivity (Wildman–Crippen MR) is 114 cm³/mol. The second kappa shape index (κ2) is 4.23. The van der Waals surface area contributed by atoms with E-state index in [9.17, 15) is 0 Å². The van der Waals surface area contributed by atoms with Crippen molar-refractivity contribution in [2.24, 2.45) is 0 Å². The quantitative estimate of drug-likeness (QED) is 0.200. The maximum absolute atomic E-state index is 2.38. The molecule has 0 aromatic heterocycles. The molecule has 0 atom stereocenters. The van der Waals surface area contributed by atoms with Gasteiger partial charge in [-0.25, -0.2) is 0 Å². The van der Waals surface area contributed by atoms with Crippen molar-refractivity contribution in [2.75, 3.05) is 0 Å². The van der Waals surface area contributed by atoms with Crippen LogP contribution in [0.1, 0.15) is 0 Å². The fourth-order valence-corrected chi connectivity index (χ4v) is 5.07. The van der Waals surface area contributed by atoms with Crippen LogP contribution in [0.3, 0.4) is 0 Å². The summed E-state index contributed by atoms with van der Waals surface area (Å²) in [5, 5.41) is 16.4. The summed E-state index contributed by atoms with van der Waals surface area (Å²) in [5.41, 5.74) is 0. The van der Waals surface area contributed by atoms with Crippen LogP contribution in [0.2, 0.25) is 0 Å². The van der Waals surface area contributed by atoms with Gasteiger partial charge in [-0.2, -0.15) is 0 Å². The summed E-state index contributed by atoms with van der Waals surface area (Å²) in [6.45, 7) is 0. The number of fused-ring (bicyclic) bond motifs is 4. The summed E-state index contributed by atoms with van der Waals surface area (Å²) in [6.07, 6.45) is 0. The molecule has 0 saturated heterocycles. The molecule has 0 radical (unpaired) electrons. The summed E-state index contributed by atoms with van der Waals surface area (Å²) < 4.78 is 0. The summed E-state index contributed by atoms with van der Waals surface area (Å²) >= 11 is 0. The first-order valence-electron chi connectivity index (χ1n) is 9.13. The third-order valence-electron chi connectivity index (χ3n) is 6.11. The summed E-state index contributed by atoms with van der Waals surface area (Å²) in [5.74, 6) is 0. The zero-order chi connectivity index (χ0) is 16.8. The standard InChI is InChI=1S/C26H14/c1-4-16-5-2-9-21-23(16)19(7-1)20-8-3-6-18-14-22-15-10-12-17(13-11-15)24(22)26(21)25(18)20/h1-14H. The van der Waals surface area contributed by atoms with Crippen LogP contribution in [0.4, 0.5) is 0 Å². The van der Waals surface area contributed by atoms with Crippen LogP contribution >= 0.6 is 0 Å². The molecule has 8 rings (SSSR count). The Morgan fingerprint density at radius 3 is 1.62 bits per heavy atom. The van der Waals surface area contributed by atoms with Crippen molar-refractivity contribution in [1.29, 1.82) is 0 Å². The lowest BCUT2D eigenvalue weighted by molar-refractivity contribution is 1.79. The fraction of sp³-hybridized carbons (Fsp3) is 0. The van der Waals surface area contributed by atoms with Gasteiger partial charge in [0.05, 0.1) is 0 Å². The van der Waals surface area contributed by atoms with Gasteiger partial charge in [0.2, 0.25) is 0 Å². The molecule has 26 heavy (non-hydrogen) atoms. The Bertz CT molecular complexity index is 1590. The van der Waals surface area contributed by atoms with Crippen LogP contribution in [0.15, 0.2) is 84.9 Å². The SMILES string of the molecule is c1cc2cccc3c2c(c1)c1cccc2cc4c5ccc(cc5)c4c3c21. The van der Waals surface area contributed by atoms with Crippen LogP contribution in [0, 0.1) is 0 Å². The Balaban J connectivity index is 2.01. The van der Waals surface area contributed by atoms with Gasteiger partial charge in [-0.1, -0.05) is 78.9 Å². The maximum atomic E-state index is 2.38. The largest absolute Gasteiger partial charge is 0.0610 e. The number of hydrogen-bond acceptors (Lipinski definition) is 0. The van der Waals surface area contributed by atoms with E-state index in [1.807, 2.05) is 0 Å². The first-order valence-corrected chi connectivity index (χ1v) is 9.13. The predicted octanol–water partition coefficient (Wildman–Crippen LogP) is 7.48. The summed E-state index contributed by atoms with van der Waals surface area (Å²) in [7, 11) is 0. The molecular formula is C26H14. The highest BCUT2D eigenvalue weighted by Crippen LogP contribution is 2.45. The van der Waals surface area contributed by atoms with Crippen molar-refractivity contribution >= 4 is 64.6 Å². The van der Waals surface area contributed by atoms with Crippen LogP contribution in [-0.4, -0.2) is 0 Å². The normalized spacial score (nSPS) is 12.6. The third-order valence-corrected chi connectivity index (χ3v) is 6.11. The van der Waals surface area contributed by atoms with Crippen molar-refractivity contribution < 1.29 is 0 Å². The molecule has 0 amide bonds. The Morgan fingerprint density at radius 1 is 0.308 bits per heavy atom. The Morgan fingerprint density at radius 2 is 0.846 bits per heavy atom. The van der Waals surface area contributed by atoms with Crippen LogP contribution in [0.5, 0.6) is 0 Å². The molecule has 0 aliphatic rings. The lowest BCUT2D eigenvalue weighted by atomic mass is 9.85. The van der Waals surface area contributed by atoms with E-state index in [0.717, 1.165) is 0 Å². The topological polar surface area (TPSA) is 0 Å². The van der Waals surface area contributed by atoms with Gasteiger partial charge in [-0.15, -0.1) is 0 Å². The number of benzene rings is 8. The van der Waals surface area contributed by atoms with E-state index in [1.54, 1.807) is 0 Å². The molecule has 2 bridgehead atoms. The van der Waals surface area contributed by atoms with Crippen molar-refractivity contribution in [3.63, 3.8) is 0 Å². The van der Waals surface area contributed by atoms with Gasteiger partial charge in [0.25, 0.3) is 0 Å². The van der Waals surface area contributed by atoms with E-state index in [-0.39, 0.29) is 0 Å². The molecule has 0 aliphatic heterocycles. The molecule has 8 aromatic carbocycles. The van der Waals surface area contributed by atoms with E-state index < -0.39 is 0 Å². The first-order chi connectivity index (χ1) is 12.9. The monoisotopic (exact) mass is 326 g/mol. The molecule has 0 heteroatoms. The molecule has 118 valence electrons. The molecule has 0 N–H and O–H groups in total. The van der Waals surface area contributed by atoms with Crippen molar-refractivity contribution in [2.45, 2.75) is 0 Å².